The molecule has 0 unspecified atom stereocenters. The number of ketones is 1. The number of carbonyl (C=O) groups excluding carboxylic acids is 2. The van der Waals surface area contributed by atoms with Crippen LogP contribution >= 0.6 is 27.5 Å². The van der Waals surface area contributed by atoms with Crippen molar-refractivity contribution < 1.29 is 9.59 Å². The van der Waals surface area contributed by atoms with E-state index in [0.29, 0.717) is 28.0 Å². The second-order valence-corrected chi connectivity index (χ2v) is 4.98. The Morgan fingerprint density at radius 3 is 2.50 bits per heavy atom. The van der Waals surface area contributed by atoms with Gasteiger partial charge in [0.05, 0.1) is 5.02 Å². The summed E-state index contributed by atoms with van der Waals surface area (Å²) in [6.45, 7) is 0. The molecule has 0 fully saturated rings. The maximum atomic E-state index is 12.3. The van der Waals surface area contributed by atoms with E-state index in [4.69, 9.17) is 11.6 Å². The summed E-state index contributed by atoms with van der Waals surface area (Å²) in [6.07, 6.45) is 0.663. The third-order valence-corrected chi connectivity index (χ3v) is 3.33. The summed E-state index contributed by atoms with van der Waals surface area (Å²) in [4.78, 5) is 23.3. The fourth-order valence-electron chi connectivity index (χ4n) is 1.62. The summed E-state index contributed by atoms with van der Waals surface area (Å²) in [7, 11) is 0. The minimum Gasteiger partial charge on any atom is -0.298 e. The van der Waals surface area contributed by atoms with Gasteiger partial charge in [0.2, 0.25) is 0 Å². The highest BCUT2D eigenvalue weighted by atomic mass is 79.9. The summed E-state index contributed by atoms with van der Waals surface area (Å²) >= 11 is 9.27. The zero-order valence-corrected chi connectivity index (χ0v) is 11.5. The van der Waals surface area contributed by atoms with Gasteiger partial charge in [0.1, 0.15) is 0 Å². The van der Waals surface area contributed by atoms with Crippen LogP contribution in [0.5, 0.6) is 0 Å². The van der Waals surface area contributed by atoms with Gasteiger partial charge in [-0.2, -0.15) is 0 Å². The Labute approximate surface area is 118 Å². The average Bonchev–Trinajstić information content (AvgIpc) is 2.38. The summed E-state index contributed by atoms with van der Waals surface area (Å²) in [6, 6.07) is 11.7. The molecule has 18 heavy (non-hydrogen) atoms. The van der Waals surface area contributed by atoms with Gasteiger partial charge in [-0.05, 0) is 30.3 Å². The first-order chi connectivity index (χ1) is 8.63. The summed E-state index contributed by atoms with van der Waals surface area (Å²) in [5.74, 6) is -0.260. The molecule has 0 amide bonds. The minimum absolute atomic E-state index is 0.260. The van der Waals surface area contributed by atoms with E-state index >= 15 is 0 Å². The molecule has 0 aliphatic heterocycles. The van der Waals surface area contributed by atoms with Gasteiger partial charge in [0.15, 0.2) is 12.1 Å². The molecule has 0 aliphatic carbocycles. The van der Waals surface area contributed by atoms with Gasteiger partial charge in [0, 0.05) is 21.2 Å². The fraction of sp³-hybridized carbons (Fsp3) is 0. The molecule has 2 nitrogen and oxygen atoms in total. The van der Waals surface area contributed by atoms with Crippen LogP contribution in [0.25, 0.3) is 0 Å². The predicted octanol–water partition coefficient (Wildman–Crippen LogP) is 4.15. The molecule has 0 saturated carbocycles. The third kappa shape index (κ3) is 2.52. The van der Waals surface area contributed by atoms with Crippen molar-refractivity contribution in [2.75, 3.05) is 0 Å². The smallest absolute Gasteiger partial charge is 0.195 e. The molecular formula is C14H8BrClO2. The second kappa shape index (κ2) is 5.46. The van der Waals surface area contributed by atoms with E-state index in [9.17, 15) is 9.59 Å². The number of halogens is 2. The Kier molecular flexibility index (Phi) is 3.94. The molecule has 0 atom stereocenters. The van der Waals surface area contributed by atoms with E-state index in [2.05, 4.69) is 15.9 Å². The van der Waals surface area contributed by atoms with E-state index in [0.717, 1.165) is 4.47 Å². The highest BCUT2D eigenvalue weighted by Gasteiger charge is 2.16. The summed E-state index contributed by atoms with van der Waals surface area (Å²) < 4.78 is 0.739. The van der Waals surface area contributed by atoms with Crippen molar-refractivity contribution in [3.63, 3.8) is 0 Å². The van der Waals surface area contributed by atoms with E-state index < -0.39 is 0 Å². The van der Waals surface area contributed by atoms with Gasteiger partial charge in [-0.1, -0.05) is 39.7 Å². The second-order valence-electron chi connectivity index (χ2n) is 3.66. The first kappa shape index (κ1) is 13.0. The van der Waals surface area contributed by atoms with Crippen molar-refractivity contribution in [1.29, 1.82) is 0 Å². The van der Waals surface area contributed by atoms with Crippen molar-refractivity contribution in [3.05, 3.63) is 68.7 Å². The molecule has 0 saturated heterocycles. The molecule has 0 N–H and O–H groups in total. The third-order valence-electron chi connectivity index (χ3n) is 2.51. The van der Waals surface area contributed by atoms with Crippen LogP contribution < -0.4 is 0 Å². The Morgan fingerprint density at radius 2 is 1.83 bits per heavy atom. The highest BCUT2D eigenvalue weighted by Crippen LogP contribution is 2.23. The first-order valence-electron chi connectivity index (χ1n) is 5.17. The number of hydrogen-bond donors (Lipinski definition) is 0. The largest absolute Gasteiger partial charge is 0.298 e. The zero-order chi connectivity index (χ0) is 13.1. The van der Waals surface area contributed by atoms with Crippen molar-refractivity contribution in [2.45, 2.75) is 0 Å². The molecule has 0 aromatic heterocycles. The lowest BCUT2D eigenvalue weighted by Crippen LogP contribution is -2.05. The van der Waals surface area contributed by atoms with Crippen LogP contribution in [0.4, 0.5) is 0 Å². The van der Waals surface area contributed by atoms with E-state index in [1.807, 2.05) is 0 Å². The number of hydrogen-bond acceptors (Lipinski definition) is 2. The van der Waals surface area contributed by atoms with Gasteiger partial charge in [-0.15, -0.1) is 0 Å². The Bertz CT molecular complexity index is 623. The van der Waals surface area contributed by atoms with Gasteiger partial charge in [-0.25, -0.2) is 0 Å². The normalized spacial score (nSPS) is 10.1. The Morgan fingerprint density at radius 1 is 1.11 bits per heavy atom. The van der Waals surface area contributed by atoms with Crippen molar-refractivity contribution >= 4 is 39.6 Å². The topological polar surface area (TPSA) is 34.1 Å². The molecule has 4 heteroatoms. The maximum absolute atomic E-state index is 12.3. The molecule has 90 valence electrons. The standard InChI is InChI=1S/C14H8BrClO2/c15-10-6-5-9(8-17)12(7-10)14(18)11-3-1-2-4-13(11)16/h1-8H. The predicted molar refractivity (Wildman–Crippen MR) is 74.4 cm³/mol. The van der Waals surface area contributed by atoms with Gasteiger partial charge in [0.25, 0.3) is 0 Å². The molecule has 0 radical (unpaired) electrons. The molecule has 0 heterocycles. The lowest BCUT2D eigenvalue weighted by Gasteiger charge is -2.06. The van der Waals surface area contributed by atoms with Crippen LogP contribution in [0.2, 0.25) is 5.02 Å². The molecule has 0 aliphatic rings. The van der Waals surface area contributed by atoms with Crippen LogP contribution in [0, 0.1) is 0 Å². The highest BCUT2D eigenvalue weighted by molar-refractivity contribution is 9.10. The molecule has 0 bridgehead atoms. The van der Waals surface area contributed by atoms with Gasteiger partial charge < -0.3 is 0 Å². The Balaban J connectivity index is 2.56. The number of rotatable bonds is 3. The monoisotopic (exact) mass is 322 g/mol. The molecular weight excluding hydrogens is 316 g/mol. The SMILES string of the molecule is O=Cc1ccc(Br)cc1C(=O)c1ccccc1Cl. The van der Waals surface area contributed by atoms with E-state index in [1.165, 1.54) is 0 Å². The van der Waals surface area contributed by atoms with Crippen LogP contribution in [-0.2, 0) is 0 Å². The van der Waals surface area contributed by atoms with Gasteiger partial charge in [-0.3, -0.25) is 9.59 Å². The number of carbonyl (C=O) groups is 2. The molecule has 2 aromatic carbocycles. The number of aldehydes is 1. The zero-order valence-electron chi connectivity index (χ0n) is 9.19. The van der Waals surface area contributed by atoms with Crippen LogP contribution in [-0.4, -0.2) is 12.1 Å². The summed E-state index contributed by atoms with van der Waals surface area (Å²) in [5.41, 5.74) is 1.08. The van der Waals surface area contributed by atoms with Crippen LogP contribution in [0.15, 0.2) is 46.9 Å². The lowest BCUT2D eigenvalue weighted by molar-refractivity contribution is 0.102. The van der Waals surface area contributed by atoms with Crippen LogP contribution in [0.1, 0.15) is 26.3 Å². The van der Waals surface area contributed by atoms with Crippen LogP contribution in [0.3, 0.4) is 0 Å². The molecule has 0 spiro atoms. The quantitative estimate of drug-likeness (QED) is 0.628. The van der Waals surface area contributed by atoms with E-state index in [1.54, 1.807) is 42.5 Å². The van der Waals surface area contributed by atoms with Crippen molar-refractivity contribution in [2.24, 2.45) is 0 Å². The fourth-order valence-corrected chi connectivity index (χ4v) is 2.20. The molecule has 2 rings (SSSR count). The maximum Gasteiger partial charge on any atom is 0.195 e. The van der Waals surface area contributed by atoms with E-state index in [-0.39, 0.29) is 5.78 Å². The lowest BCUT2D eigenvalue weighted by atomic mass is 9.99. The molecule has 2 aromatic rings. The first-order valence-corrected chi connectivity index (χ1v) is 6.34. The minimum atomic E-state index is -0.260. The van der Waals surface area contributed by atoms with Crippen molar-refractivity contribution in [1.82, 2.24) is 0 Å². The average molecular weight is 324 g/mol. The number of benzene rings is 2. The van der Waals surface area contributed by atoms with Gasteiger partial charge >= 0.3 is 0 Å². The summed E-state index contributed by atoms with van der Waals surface area (Å²) in [5, 5.41) is 0.374. The van der Waals surface area contributed by atoms with Crippen molar-refractivity contribution in [3.8, 4) is 0 Å². The Hall–Kier alpha value is -1.45.